The van der Waals surface area contributed by atoms with Crippen LogP contribution in [0.1, 0.15) is 25.0 Å². The maximum Gasteiger partial charge on any atom is 0.313 e. The molecule has 0 bridgehead atoms. The number of aliphatic hydroxyl groups excluding tert-OH is 1. The summed E-state index contributed by atoms with van der Waals surface area (Å²) >= 11 is 0. The van der Waals surface area contributed by atoms with Crippen molar-refractivity contribution in [2.45, 2.75) is 25.5 Å². The van der Waals surface area contributed by atoms with Gasteiger partial charge in [-0.05, 0) is 31.0 Å². The summed E-state index contributed by atoms with van der Waals surface area (Å²) in [5, 5.41) is 14.7. The molecule has 2 aromatic carbocycles. The minimum atomic E-state index is -1.05. The van der Waals surface area contributed by atoms with E-state index >= 15 is 0 Å². The Hall–Kier alpha value is -2.80. The Morgan fingerprint density at radius 1 is 1.04 bits per heavy atom. The van der Waals surface area contributed by atoms with Gasteiger partial charge in [0.25, 0.3) is 0 Å². The zero-order valence-corrected chi connectivity index (χ0v) is 13.5. The maximum atomic E-state index is 13.1. The third-order valence-corrected chi connectivity index (χ3v) is 3.47. The van der Waals surface area contributed by atoms with Crippen molar-refractivity contribution in [2.75, 3.05) is 5.32 Å². The van der Waals surface area contributed by atoms with Crippen LogP contribution in [0.2, 0.25) is 0 Å². The summed E-state index contributed by atoms with van der Waals surface area (Å²) in [6, 6.07) is 10.9. The molecule has 0 aliphatic carbocycles. The van der Waals surface area contributed by atoms with Crippen molar-refractivity contribution < 1.29 is 23.5 Å². The van der Waals surface area contributed by atoms with Gasteiger partial charge >= 0.3 is 11.8 Å². The molecule has 0 heterocycles. The molecule has 0 aromatic heterocycles. The Morgan fingerprint density at radius 3 is 2.24 bits per heavy atom. The molecule has 0 spiro atoms. The molecule has 2 aromatic rings. The van der Waals surface area contributed by atoms with Crippen LogP contribution in [-0.2, 0) is 9.59 Å². The summed E-state index contributed by atoms with van der Waals surface area (Å²) in [6.07, 6.45) is -0.589. The lowest BCUT2D eigenvalue weighted by atomic mass is 10.0. The minimum Gasteiger partial charge on any atom is -0.388 e. The molecule has 5 nitrogen and oxygen atoms in total. The first-order valence-electron chi connectivity index (χ1n) is 7.66. The number of hydrogen-bond donors (Lipinski definition) is 3. The predicted molar refractivity (Wildman–Crippen MR) is 88.6 cm³/mol. The number of hydrogen-bond acceptors (Lipinski definition) is 3. The summed E-state index contributed by atoms with van der Waals surface area (Å²) in [5.74, 6) is -3.74. The smallest absolute Gasteiger partial charge is 0.313 e. The largest absolute Gasteiger partial charge is 0.388 e. The second-order valence-electron chi connectivity index (χ2n) is 5.65. The first-order chi connectivity index (χ1) is 11.8. The van der Waals surface area contributed by atoms with Crippen molar-refractivity contribution in [3.63, 3.8) is 0 Å². The molecule has 0 aliphatic rings. The fourth-order valence-electron chi connectivity index (χ4n) is 2.31. The van der Waals surface area contributed by atoms with Gasteiger partial charge in [0, 0.05) is 17.8 Å². The molecule has 0 radical (unpaired) electrons. The first kappa shape index (κ1) is 18.5. The SMILES string of the molecule is CC(CC(O)c1ccccc1)NC(=O)C(=O)Nc1cc(F)cc(F)c1. The number of halogens is 2. The number of benzene rings is 2. The van der Waals surface area contributed by atoms with Crippen LogP contribution in [0, 0.1) is 11.6 Å². The number of carbonyl (C=O) groups excluding carboxylic acids is 2. The topological polar surface area (TPSA) is 78.4 Å². The van der Waals surface area contributed by atoms with Gasteiger partial charge in [0.05, 0.1) is 6.10 Å². The second-order valence-corrected chi connectivity index (χ2v) is 5.65. The van der Waals surface area contributed by atoms with E-state index in [1.807, 2.05) is 6.07 Å². The van der Waals surface area contributed by atoms with Gasteiger partial charge in [-0.15, -0.1) is 0 Å². The molecule has 2 unspecified atom stereocenters. The predicted octanol–water partition coefficient (Wildman–Crippen LogP) is 2.53. The molecule has 0 saturated carbocycles. The third-order valence-electron chi connectivity index (χ3n) is 3.47. The van der Waals surface area contributed by atoms with Crippen LogP contribution in [0.15, 0.2) is 48.5 Å². The average molecular weight is 348 g/mol. The van der Waals surface area contributed by atoms with Crippen molar-refractivity contribution >= 4 is 17.5 Å². The summed E-state index contributed by atoms with van der Waals surface area (Å²) in [6.45, 7) is 1.64. The summed E-state index contributed by atoms with van der Waals surface area (Å²) in [5.41, 5.74) is 0.540. The van der Waals surface area contributed by atoms with E-state index in [4.69, 9.17) is 0 Å². The van der Waals surface area contributed by atoms with Crippen molar-refractivity contribution in [3.8, 4) is 0 Å². The number of anilines is 1. The fraction of sp³-hybridized carbons (Fsp3) is 0.222. The molecule has 25 heavy (non-hydrogen) atoms. The molecule has 132 valence electrons. The van der Waals surface area contributed by atoms with Crippen LogP contribution < -0.4 is 10.6 Å². The molecule has 2 amide bonds. The quantitative estimate of drug-likeness (QED) is 0.727. The van der Waals surface area contributed by atoms with Gasteiger partial charge in [-0.25, -0.2) is 8.78 Å². The average Bonchev–Trinajstić information content (AvgIpc) is 2.54. The third kappa shape index (κ3) is 5.65. The molecule has 2 rings (SSSR count). The van der Waals surface area contributed by atoms with Crippen LogP contribution in [0.3, 0.4) is 0 Å². The Kier molecular flexibility index (Phi) is 6.19. The van der Waals surface area contributed by atoms with Crippen molar-refractivity contribution in [1.29, 1.82) is 0 Å². The second kappa shape index (κ2) is 8.34. The standard InChI is InChI=1S/C18H18F2N2O3/c1-11(7-16(23)12-5-3-2-4-6-12)21-17(24)18(25)22-15-9-13(19)8-14(20)10-15/h2-6,8-11,16,23H,7H2,1H3,(H,21,24)(H,22,25). The van der Waals surface area contributed by atoms with Crippen LogP contribution in [0.4, 0.5) is 14.5 Å². The van der Waals surface area contributed by atoms with E-state index in [1.54, 1.807) is 31.2 Å². The summed E-state index contributed by atoms with van der Waals surface area (Å²) in [4.78, 5) is 23.6. The van der Waals surface area contributed by atoms with E-state index in [1.165, 1.54) is 0 Å². The molecular weight excluding hydrogens is 330 g/mol. The van der Waals surface area contributed by atoms with E-state index in [9.17, 15) is 23.5 Å². The van der Waals surface area contributed by atoms with Crippen molar-refractivity contribution in [3.05, 3.63) is 65.7 Å². The number of carbonyl (C=O) groups is 2. The van der Waals surface area contributed by atoms with Crippen molar-refractivity contribution in [2.24, 2.45) is 0 Å². The highest BCUT2D eigenvalue weighted by Gasteiger charge is 2.19. The highest BCUT2D eigenvalue weighted by atomic mass is 19.1. The van der Waals surface area contributed by atoms with Gasteiger partial charge in [0.2, 0.25) is 0 Å². The lowest BCUT2D eigenvalue weighted by molar-refractivity contribution is -0.136. The molecule has 0 aliphatic heterocycles. The summed E-state index contributed by atoms with van der Waals surface area (Å²) in [7, 11) is 0. The number of aliphatic hydroxyl groups is 1. The van der Waals surface area contributed by atoms with Crippen LogP contribution in [-0.4, -0.2) is 23.0 Å². The van der Waals surface area contributed by atoms with Gasteiger partial charge in [0.1, 0.15) is 11.6 Å². The lowest BCUT2D eigenvalue weighted by Gasteiger charge is -2.18. The van der Waals surface area contributed by atoms with Crippen LogP contribution >= 0.6 is 0 Å². The first-order valence-corrected chi connectivity index (χ1v) is 7.66. The molecule has 7 heteroatoms. The van der Waals surface area contributed by atoms with Crippen LogP contribution in [0.25, 0.3) is 0 Å². The monoisotopic (exact) mass is 348 g/mol. The van der Waals surface area contributed by atoms with Crippen molar-refractivity contribution in [1.82, 2.24) is 5.32 Å². The highest BCUT2D eigenvalue weighted by Crippen LogP contribution is 2.17. The van der Waals surface area contributed by atoms with Gasteiger partial charge in [-0.3, -0.25) is 9.59 Å². The highest BCUT2D eigenvalue weighted by molar-refractivity contribution is 6.39. The van der Waals surface area contributed by atoms with Gasteiger partial charge in [-0.2, -0.15) is 0 Å². The number of nitrogens with one attached hydrogen (secondary N) is 2. The Bertz CT molecular complexity index is 733. The normalized spacial score (nSPS) is 13.0. The maximum absolute atomic E-state index is 13.1. The zero-order valence-electron chi connectivity index (χ0n) is 13.5. The van der Waals surface area contributed by atoms with E-state index < -0.39 is 35.6 Å². The van der Waals surface area contributed by atoms with E-state index in [2.05, 4.69) is 10.6 Å². The summed E-state index contributed by atoms with van der Waals surface area (Å²) < 4.78 is 26.1. The Labute approximate surface area is 143 Å². The minimum absolute atomic E-state index is 0.158. The fourth-order valence-corrected chi connectivity index (χ4v) is 2.31. The molecular formula is C18H18F2N2O3. The van der Waals surface area contributed by atoms with Crippen LogP contribution in [0.5, 0.6) is 0 Å². The van der Waals surface area contributed by atoms with Gasteiger partial charge in [0.15, 0.2) is 0 Å². The molecule has 0 fully saturated rings. The van der Waals surface area contributed by atoms with Gasteiger partial charge < -0.3 is 15.7 Å². The van der Waals surface area contributed by atoms with E-state index in [-0.39, 0.29) is 12.1 Å². The lowest BCUT2D eigenvalue weighted by Crippen LogP contribution is -2.41. The zero-order chi connectivity index (χ0) is 18.4. The molecule has 0 saturated heterocycles. The molecule has 3 N–H and O–H groups in total. The van der Waals surface area contributed by atoms with E-state index in [0.717, 1.165) is 12.1 Å². The number of rotatable bonds is 5. The Morgan fingerprint density at radius 2 is 1.64 bits per heavy atom. The Balaban J connectivity index is 1.88. The van der Waals surface area contributed by atoms with Gasteiger partial charge in [-0.1, -0.05) is 30.3 Å². The number of amides is 2. The van der Waals surface area contributed by atoms with E-state index in [0.29, 0.717) is 11.6 Å². The molecule has 2 atom stereocenters.